The topological polar surface area (TPSA) is 58.4 Å². The summed E-state index contributed by atoms with van der Waals surface area (Å²) in [7, 11) is 0. The number of imidazole rings is 1. The lowest BCUT2D eigenvalue weighted by Crippen LogP contribution is -2.34. The number of hydrogen-bond acceptors (Lipinski definition) is 4. The third-order valence-electron chi connectivity index (χ3n) is 5.85. The lowest BCUT2D eigenvalue weighted by Gasteiger charge is -2.23. The monoisotopic (exact) mass is 486 g/mol. The van der Waals surface area contributed by atoms with Gasteiger partial charge < -0.3 is 14.4 Å². The number of aryl methyl sites for hydroxylation is 1. The zero-order chi connectivity index (χ0) is 24.8. The summed E-state index contributed by atoms with van der Waals surface area (Å²) in [6, 6.07) is 25.4. The van der Waals surface area contributed by atoms with Crippen LogP contribution in [0.2, 0.25) is 0 Å². The number of benzene rings is 3. The highest BCUT2D eigenvalue weighted by molar-refractivity contribution is 7.99. The minimum Gasteiger partial charge on any atom is -0.312 e. The highest BCUT2D eigenvalue weighted by Crippen LogP contribution is 2.26. The molecule has 180 valence electrons. The van der Waals surface area contributed by atoms with Gasteiger partial charge in [-0.1, -0.05) is 54.2 Å². The van der Waals surface area contributed by atoms with Crippen molar-refractivity contribution < 1.29 is 9.59 Å². The molecule has 1 heterocycles. The summed E-state index contributed by atoms with van der Waals surface area (Å²) in [6.45, 7) is 7.26. The maximum absolute atomic E-state index is 13.4. The Morgan fingerprint density at radius 3 is 2.20 bits per heavy atom. The molecule has 0 atom stereocenters. The number of para-hydroxylation sites is 3. The van der Waals surface area contributed by atoms with Crippen molar-refractivity contribution in [2.75, 3.05) is 28.6 Å². The number of carbonyl (C=O) groups is 2. The van der Waals surface area contributed by atoms with Crippen LogP contribution in [0.5, 0.6) is 0 Å². The molecule has 0 fully saturated rings. The van der Waals surface area contributed by atoms with Crippen LogP contribution in [0.25, 0.3) is 11.0 Å². The highest BCUT2D eigenvalue weighted by atomic mass is 32.2. The number of fused-ring (bicyclic) bond motifs is 1. The number of likely N-dealkylation sites (N-methyl/N-ethyl adjacent to an activating group) is 1. The zero-order valence-corrected chi connectivity index (χ0v) is 21.2. The van der Waals surface area contributed by atoms with Gasteiger partial charge in [0.15, 0.2) is 5.16 Å². The Morgan fingerprint density at radius 1 is 0.829 bits per heavy atom. The fourth-order valence-corrected chi connectivity index (χ4v) is 5.04. The maximum Gasteiger partial charge on any atom is 0.247 e. The van der Waals surface area contributed by atoms with E-state index in [1.54, 1.807) is 9.80 Å². The fourth-order valence-electron chi connectivity index (χ4n) is 4.15. The molecular weight excluding hydrogens is 456 g/mol. The van der Waals surface area contributed by atoms with Gasteiger partial charge in [-0.05, 0) is 62.7 Å². The first kappa shape index (κ1) is 24.5. The van der Waals surface area contributed by atoms with Crippen molar-refractivity contribution in [1.29, 1.82) is 0 Å². The summed E-state index contributed by atoms with van der Waals surface area (Å²) in [5.74, 6) is 0.216. The van der Waals surface area contributed by atoms with Gasteiger partial charge in [0.1, 0.15) is 6.54 Å². The first-order valence-corrected chi connectivity index (χ1v) is 12.8. The van der Waals surface area contributed by atoms with Crippen LogP contribution in [0.1, 0.15) is 19.4 Å². The lowest BCUT2D eigenvalue weighted by atomic mass is 10.2. The van der Waals surface area contributed by atoms with E-state index in [2.05, 4.69) is 0 Å². The van der Waals surface area contributed by atoms with Crippen LogP contribution in [0, 0.1) is 6.92 Å². The molecule has 0 spiro atoms. The zero-order valence-electron chi connectivity index (χ0n) is 20.3. The molecule has 3 aromatic carbocycles. The van der Waals surface area contributed by atoms with Crippen molar-refractivity contribution in [3.05, 3.63) is 84.4 Å². The van der Waals surface area contributed by atoms with Crippen LogP contribution in [0.15, 0.2) is 84.0 Å². The average molecular weight is 487 g/mol. The number of anilines is 2. The Hall–Kier alpha value is -3.58. The van der Waals surface area contributed by atoms with E-state index in [1.807, 2.05) is 104 Å². The van der Waals surface area contributed by atoms with Gasteiger partial charge in [0.2, 0.25) is 11.8 Å². The summed E-state index contributed by atoms with van der Waals surface area (Å²) < 4.78 is 1.92. The van der Waals surface area contributed by atoms with E-state index in [-0.39, 0.29) is 24.1 Å². The average Bonchev–Trinajstić information content (AvgIpc) is 3.21. The third kappa shape index (κ3) is 5.57. The molecule has 0 radical (unpaired) electrons. The Bertz CT molecular complexity index is 1320. The SMILES string of the molecule is CCN(C(=O)CSc1nc2ccccc2n1CC(=O)N(CC)c1cccc(C)c1)c1ccccc1. The predicted octanol–water partition coefficient (Wildman–Crippen LogP) is 5.54. The van der Waals surface area contributed by atoms with Gasteiger partial charge in [0, 0.05) is 24.5 Å². The number of carbonyl (C=O) groups excluding carboxylic acids is 2. The standard InChI is InChI=1S/C28H30N4O2S/c1-4-30(22-13-7-6-8-14-22)27(34)20-35-28-29-24-16-9-10-17-25(24)32(28)19-26(33)31(5-2)23-15-11-12-21(3)18-23/h6-18H,4-5,19-20H2,1-3H3. The molecule has 0 N–H and O–H groups in total. The van der Waals surface area contributed by atoms with Crippen molar-refractivity contribution in [2.45, 2.75) is 32.5 Å². The summed E-state index contributed by atoms with van der Waals surface area (Å²) in [6.07, 6.45) is 0. The Labute approximate surface area is 210 Å². The van der Waals surface area contributed by atoms with Gasteiger partial charge in [-0.15, -0.1) is 0 Å². The minimum absolute atomic E-state index is 0.00331. The molecule has 0 saturated heterocycles. The molecule has 0 unspecified atom stereocenters. The van der Waals surface area contributed by atoms with Gasteiger partial charge >= 0.3 is 0 Å². The minimum atomic E-state index is -0.0195. The summed E-state index contributed by atoms with van der Waals surface area (Å²) in [5.41, 5.74) is 4.56. The van der Waals surface area contributed by atoms with Crippen molar-refractivity contribution in [1.82, 2.24) is 9.55 Å². The van der Waals surface area contributed by atoms with E-state index >= 15 is 0 Å². The molecular formula is C28H30N4O2S. The number of thioether (sulfide) groups is 1. The number of amides is 2. The van der Waals surface area contributed by atoms with Gasteiger partial charge in [0.25, 0.3) is 0 Å². The highest BCUT2D eigenvalue weighted by Gasteiger charge is 2.21. The molecule has 6 nitrogen and oxygen atoms in total. The number of hydrogen-bond donors (Lipinski definition) is 0. The Kier molecular flexibility index (Phi) is 7.87. The van der Waals surface area contributed by atoms with Gasteiger partial charge in [0.05, 0.1) is 16.8 Å². The van der Waals surface area contributed by atoms with E-state index in [0.717, 1.165) is 28.0 Å². The molecule has 2 amide bonds. The second kappa shape index (κ2) is 11.2. The van der Waals surface area contributed by atoms with Crippen LogP contribution in [-0.4, -0.2) is 40.2 Å². The van der Waals surface area contributed by atoms with Gasteiger partial charge in [-0.3, -0.25) is 9.59 Å². The summed E-state index contributed by atoms with van der Waals surface area (Å²) in [4.78, 5) is 34.8. The predicted molar refractivity (Wildman–Crippen MR) is 144 cm³/mol. The molecule has 0 aliphatic carbocycles. The van der Waals surface area contributed by atoms with E-state index in [4.69, 9.17) is 4.98 Å². The molecule has 1 aromatic heterocycles. The lowest BCUT2D eigenvalue weighted by molar-refractivity contribution is -0.119. The summed E-state index contributed by atoms with van der Waals surface area (Å²) in [5, 5.41) is 0.664. The van der Waals surface area contributed by atoms with E-state index in [1.165, 1.54) is 11.8 Å². The molecule has 4 rings (SSSR count). The van der Waals surface area contributed by atoms with E-state index in [9.17, 15) is 9.59 Å². The molecule has 0 bridgehead atoms. The second-order valence-electron chi connectivity index (χ2n) is 8.21. The summed E-state index contributed by atoms with van der Waals surface area (Å²) >= 11 is 1.37. The molecule has 4 aromatic rings. The Balaban J connectivity index is 1.57. The first-order valence-electron chi connectivity index (χ1n) is 11.8. The van der Waals surface area contributed by atoms with Gasteiger partial charge in [-0.2, -0.15) is 0 Å². The van der Waals surface area contributed by atoms with Crippen molar-refractivity contribution in [2.24, 2.45) is 0 Å². The fraction of sp³-hybridized carbons (Fsp3) is 0.250. The van der Waals surface area contributed by atoms with Crippen LogP contribution >= 0.6 is 11.8 Å². The van der Waals surface area contributed by atoms with Gasteiger partial charge in [-0.25, -0.2) is 4.98 Å². The van der Waals surface area contributed by atoms with Crippen molar-refractivity contribution in [3.8, 4) is 0 Å². The molecule has 35 heavy (non-hydrogen) atoms. The van der Waals surface area contributed by atoms with Crippen molar-refractivity contribution in [3.63, 3.8) is 0 Å². The van der Waals surface area contributed by atoms with Crippen LogP contribution < -0.4 is 9.80 Å². The first-order chi connectivity index (χ1) is 17.0. The molecule has 0 aliphatic heterocycles. The Morgan fingerprint density at radius 2 is 1.49 bits per heavy atom. The third-order valence-corrected chi connectivity index (χ3v) is 6.81. The van der Waals surface area contributed by atoms with Crippen LogP contribution in [0.3, 0.4) is 0 Å². The van der Waals surface area contributed by atoms with E-state index < -0.39 is 0 Å². The van der Waals surface area contributed by atoms with Crippen molar-refractivity contribution >= 4 is 46.0 Å². The molecule has 0 aliphatic rings. The normalized spacial score (nSPS) is 10.9. The largest absolute Gasteiger partial charge is 0.312 e. The van der Waals surface area contributed by atoms with Crippen LogP contribution in [-0.2, 0) is 16.1 Å². The smallest absolute Gasteiger partial charge is 0.247 e. The number of aromatic nitrogens is 2. The number of nitrogens with zero attached hydrogens (tertiary/aromatic N) is 4. The molecule has 0 saturated carbocycles. The van der Waals surface area contributed by atoms with E-state index in [0.29, 0.717) is 18.2 Å². The van der Waals surface area contributed by atoms with Crippen LogP contribution in [0.4, 0.5) is 11.4 Å². The molecule has 7 heteroatoms. The maximum atomic E-state index is 13.4. The second-order valence-corrected chi connectivity index (χ2v) is 9.15. The quantitative estimate of drug-likeness (QED) is 0.291. The number of rotatable bonds is 9.